The molecule has 2 aliphatic carbocycles. The van der Waals surface area contributed by atoms with Crippen molar-refractivity contribution in [3.05, 3.63) is 77.6 Å². The van der Waals surface area contributed by atoms with Crippen LogP contribution in [0.3, 0.4) is 0 Å². The summed E-state index contributed by atoms with van der Waals surface area (Å²) in [7, 11) is 0. The zero-order valence-corrected chi connectivity index (χ0v) is 13.4. The van der Waals surface area contributed by atoms with Gasteiger partial charge in [0.15, 0.2) is 0 Å². The zero-order valence-electron chi connectivity index (χ0n) is 13.4. The molecule has 2 aliphatic heterocycles. The first-order valence-corrected chi connectivity index (χ1v) is 8.69. The molecule has 0 unspecified atom stereocenters. The summed E-state index contributed by atoms with van der Waals surface area (Å²) in [5, 5.41) is 0. The van der Waals surface area contributed by atoms with Gasteiger partial charge in [-0.1, -0.05) is 42.5 Å². The molecule has 1 saturated heterocycles. The van der Waals surface area contributed by atoms with Gasteiger partial charge < -0.3 is 4.90 Å². The maximum Gasteiger partial charge on any atom is 0.0516 e. The summed E-state index contributed by atoms with van der Waals surface area (Å²) in [6.07, 6.45) is 11.4. The van der Waals surface area contributed by atoms with Gasteiger partial charge in [-0.3, -0.25) is 4.90 Å². The summed E-state index contributed by atoms with van der Waals surface area (Å²) >= 11 is 0. The van der Waals surface area contributed by atoms with Gasteiger partial charge in [0, 0.05) is 36.9 Å². The second-order valence-corrected chi connectivity index (χ2v) is 6.97. The molecule has 1 aromatic carbocycles. The summed E-state index contributed by atoms with van der Waals surface area (Å²) in [6.45, 7) is 7.17. The zero-order chi connectivity index (χ0) is 15.4. The minimum Gasteiger partial charge on any atom is -0.342 e. The van der Waals surface area contributed by atoms with Gasteiger partial charge in [0.1, 0.15) is 0 Å². The van der Waals surface area contributed by atoms with E-state index in [0.717, 1.165) is 26.1 Å². The molecular weight excluding hydrogens is 280 g/mol. The average Bonchev–Trinajstić information content (AvgIpc) is 2.90. The molecule has 2 heteroatoms. The van der Waals surface area contributed by atoms with Crippen LogP contribution in [0, 0.1) is 5.92 Å². The quantitative estimate of drug-likeness (QED) is 0.769. The normalized spacial score (nSPS) is 28.2. The van der Waals surface area contributed by atoms with E-state index < -0.39 is 0 Å². The van der Waals surface area contributed by atoms with Crippen LogP contribution in [0.15, 0.2) is 72.0 Å². The molecule has 0 amide bonds. The molecule has 0 radical (unpaired) electrons. The van der Waals surface area contributed by atoms with E-state index >= 15 is 0 Å². The summed E-state index contributed by atoms with van der Waals surface area (Å²) in [6, 6.07) is 9.51. The van der Waals surface area contributed by atoms with Crippen molar-refractivity contribution in [1.82, 2.24) is 4.90 Å². The largest absolute Gasteiger partial charge is 0.342 e. The lowest BCUT2D eigenvalue weighted by Gasteiger charge is -2.42. The van der Waals surface area contributed by atoms with Crippen LogP contribution < -0.4 is 4.90 Å². The SMILES string of the molecule is C=CCN1CCN2C3=C4C(=CC=C[C@@H]4C[C@H]31)Cc1ccccc12. The average molecular weight is 302 g/mol. The van der Waals surface area contributed by atoms with Crippen molar-refractivity contribution in [3.63, 3.8) is 0 Å². The van der Waals surface area contributed by atoms with E-state index in [1.807, 2.05) is 0 Å². The lowest BCUT2D eigenvalue weighted by atomic mass is 9.87. The number of nitrogens with zero attached hydrogens (tertiary/aromatic N) is 2. The van der Waals surface area contributed by atoms with Crippen molar-refractivity contribution in [2.45, 2.75) is 18.9 Å². The number of piperazine rings is 1. The summed E-state index contributed by atoms with van der Waals surface area (Å²) in [4.78, 5) is 5.23. The summed E-state index contributed by atoms with van der Waals surface area (Å²) in [5.74, 6) is 0.595. The molecule has 0 aromatic heterocycles. The van der Waals surface area contributed by atoms with E-state index in [4.69, 9.17) is 0 Å². The molecule has 0 N–H and O–H groups in total. The van der Waals surface area contributed by atoms with Gasteiger partial charge in [-0.05, 0) is 35.6 Å². The first kappa shape index (κ1) is 13.4. The molecule has 0 saturated carbocycles. The van der Waals surface area contributed by atoms with E-state index in [-0.39, 0.29) is 0 Å². The number of hydrogen-bond acceptors (Lipinski definition) is 2. The topological polar surface area (TPSA) is 6.48 Å². The molecule has 2 nitrogen and oxygen atoms in total. The molecular formula is C21H22N2. The highest BCUT2D eigenvalue weighted by molar-refractivity contribution is 5.68. The van der Waals surface area contributed by atoms with Crippen molar-refractivity contribution < 1.29 is 0 Å². The molecule has 4 aliphatic rings. The van der Waals surface area contributed by atoms with E-state index in [1.54, 1.807) is 11.3 Å². The van der Waals surface area contributed by atoms with Crippen molar-refractivity contribution in [1.29, 1.82) is 0 Å². The molecule has 0 spiro atoms. The van der Waals surface area contributed by atoms with Crippen LogP contribution in [0.2, 0.25) is 0 Å². The lowest BCUT2D eigenvalue weighted by molar-refractivity contribution is 0.219. The highest BCUT2D eigenvalue weighted by atomic mass is 15.3. The van der Waals surface area contributed by atoms with Gasteiger partial charge in [0.05, 0.1) is 6.04 Å². The summed E-state index contributed by atoms with van der Waals surface area (Å²) < 4.78 is 0. The van der Waals surface area contributed by atoms with Crippen LogP contribution in [0.4, 0.5) is 5.69 Å². The maximum atomic E-state index is 3.97. The highest BCUT2D eigenvalue weighted by Gasteiger charge is 2.44. The number of allylic oxidation sites excluding steroid dienone is 5. The fourth-order valence-electron chi connectivity index (χ4n) is 4.88. The number of para-hydroxylation sites is 1. The van der Waals surface area contributed by atoms with Crippen LogP contribution >= 0.6 is 0 Å². The number of fused-ring (bicyclic) bond motifs is 2. The fraction of sp³-hybridized carbons (Fsp3) is 0.333. The maximum absolute atomic E-state index is 3.97. The van der Waals surface area contributed by atoms with Gasteiger partial charge in [-0.25, -0.2) is 0 Å². The molecule has 5 rings (SSSR count). The third-order valence-electron chi connectivity index (χ3n) is 5.80. The predicted molar refractivity (Wildman–Crippen MR) is 95.4 cm³/mol. The Morgan fingerprint density at radius 3 is 3.04 bits per heavy atom. The van der Waals surface area contributed by atoms with E-state index in [9.17, 15) is 0 Å². The third-order valence-corrected chi connectivity index (χ3v) is 5.80. The molecule has 23 heavy (non-hydrogen) atoms. The fourth-order valence-corrected chi connectivity index (χ4v) is 4.88. The van der Waals surface area contributed by atoms with Crippen molar-refractivity contribution >= 4 is 5.69 Å². The Labute approximate surface area is 138 Å². The lowest BCUT2D eigenvalue weighted by Crippen LogP contribution is -2.50. The smallest absolute Gasteiger partial charge is 0.0516 e. The van der Waals surface area contributed by atoms with Crippen molar-refractivity contribution in [2.75, 3.05) is 24.5 Å². The van der Waals surface area contributed by atoms with Crippen molar-refractivity contribution in [2.24, 2.45) is 5.92 Å². The second kappa shape index (κ2) is 4.97. The van der Waals surface area contributed by atoms with Crippen LogP contribution in [0.5, 0.6) is 0 Å². The number of benzene rings is 1. The number of anilines is 1. The Bertz CT molecular complexity index is 768. The minimum atomic E-state index is 0.541. The second-order valence-electron chi connectivity index (χ2n) is 6.97. The van der Waals surface area contributed by atoms with Gasteiger partial charge in [0.2, 0.25) is 0 Å². The van der Waals surface area contributed by atoms with E-state index in [1.165, 1.54) is 23.2 Å². The van der Waals surface area contributed by atoms with Crippen LogP contribution in [-0.2, 0) is 6.42 Å². The van der Waals surface area contributed by atoms with E-state index in [0.29, 0.717) is 12.0 Å². The molecule has 2 heterocycles. The monoisotopic (exact) mass is 302 g/mol. The first-order chi connectivity index (χ1) is 11.4. The van der Waals surface area contributed by atoms with Crippen LogP contribution in [0.25, 0.3) is 0 Å². The van der Waals surface area contributed by atoms with Gasteiger partial charge >= 0.3 is 0 Å². The minimum absolute atomic E-state index is 0.541. The van der Waals surface area contributed by atoms with Gasteiger partial charge in [-0.15, -0.1) is 6.58 Å². The Kier molecular flexibility index (Phi) is 2.89. The van der Waals surface area contributed by atoms with Crippen LogP contribution in [0.1, 0.15) is 12.0 Å². The predicted octanol–water partition coefficient (Wildman–Crippen LogP) is 3.69. The molecule has 0 bridgehead atoms. The molecule has 1 fully saturated rings. The van der Waals surface area contributed by atoms with Gasteiger partial charge in [0.25, 0.3) is 0 Å². The number of rotatable bonds is 2. The van der Waals surface area contributed by atoms with Gasteiger partial charge in [-0.2, -0.15) is 0 Å². The number of hydrogen-bond donors (Lipinski definition) is 0. The Morgan fingerprint density at radius 1 is 1.22 bits per heavy atom. The standard InChI is InChI=1S/C21H22N2/c1-2-10-22-11-12-23-18-9-4-3-6-15(18)13-16-7-5-8-17-14-19(22)21(23)20(16)17/h2-9,17,19H,1,10-14H2/t17-,19-/m1/s1. The molecule has 2 atom stereocenters. The Hall–Kier alpha value is -2.06. The Balaban J connectivity index is 1.71. The molecule has 1 aromatic rings. The molecule has 116 valence electrons. The summed E-state index contributed by atoms with van der Waals surface area (Å²) in [5.41, 5.74) is 7.61. The van der Waals surface area contributed by atoms with E-state index in [2.05, 4.69) is 64.9 Å². The first-order valence-electron chi connectivity index (χ1n) is 8.69. The third kappa shape index (κ3) is 1.85. The highest BCUT2D eigenvalue weighted by Crippen LogP contribution is 2.49. The van der Waals surface area contributed by atoms with Crippen molar-refractivity contribution in [3.8, 4) is 0 Å². The Morgan fingerprint density at radius 2 is 2.13 bits per heavy atom. The van der Waals surface area contributed by atoms with Crippen LogP contribution in [-0.4, -0.2) is 30.6 Å².